The normalized spacial score (nSPS) is 22.7. The summed E-state index contributed by atoms with van der Waals surface area (Å²) in [4.78, 5) is 27.3. The van der Waals surface area contributed by atoms with Gasteiger partial charge in [-0.05, 0) is 44.6 Å². The van der Waals surface area contributed by atoms with E-state index in [1.807, 2.05) is 45.0 Å². The maximum Gasteiger partial charge on any atom is 0.355 e. The summed E-state index contributed by atoms with van der Waals surface area (Å²) in [6, 6.07) is 7.56. The highest BCUT2D eigenvalue weighted by molar-refractivity contribution is 6.69. The van der Waals surface area contributed by atoms with E-state index < -0.39 is 14.3 Å². The minimum atomic E-state index is -1.80. The van der Waals surface area contributed by atoms with Crippen molar-refractivity contribution in [3.05, 3.63) is 46.7 Å². The fourth-order valence-corrected chi connectivity index (χ4v) is 5.62. The number of carbonyl (C=O) groups is 2. The van der Waals surface area contributed by atoms with Gasteiger partial charge in [-0.15, -0.1) is 0 Å². The van der Waals surface area contributed by atoms with Crippen LogP contribution in [-0.4, -0.2) is 49.0 Å². The van der Waals surface area contributed by atoms with Crippen molar-refractivity contribution in [2.75, 3.05) is 6.61 Å². The van der Waals surface area contributed by atoms with Crippen LogP contribution in [0.5, 0.6) is 0 Å². The summed E-state index contributed by atoms with van der Waals surface area (Å²) in [5.74, 6) is -1.11. The molecule has 0 bridgehead atoms. The van der Waals surface area contributed by atoms with E-state index in [2.05, 4.69) is 19.6 Å². The first kappa shape index (κ1) is 30.0. The van der Waals surface area contributed by atoms with E-state index >= 15 is 0 Å². The SMILES string of the molecule is C.C.C.Cc1ccc(COC(=O)C2=C(CO)C(C)C3C(C(C)O[Si](C)(C)C)C(=O)N23)cc1. The number of benzene rings is 1. The molecule has 6 nitrogen and oxygen atoms in total. The molecule has 0 aromatic heterocycles. The Morgan fingerprint density at radius 1 is 1.16 bits per heavy atom. The van der Waals surface area contributed by atoms with Gasteiger partial charge in [-0.25, -0.2) is 4.79 Å². The average molecular weight is 466 g/mol. The smallest absolute Gasteiger partial charge is 0.355 e. The molecular weight excluding hydrogens is 422 g/mol. The number of β-lactam (4-membered cyclic amide) rings is 1. The van der Waals surface area contributed by atoms with Gasteiger partial charge in [0.15, 0.2) is 8.32 Å². The van der Waals surface area contributed by atoms with Crippen LogP contribution in [0.4, 0.5) is 0 Å². The molecule has 0 saturated carbocycles. The first-order chi connectivity index (χ1) is 13.5. The van der Waals surface area contributed by atoms with Crippen molar-refractivity contribution in [2.45, 2.75) is 81.4 Å². The Balaban J connectivity index is 0.00000320. The number of hydrogen-bond acceptors (Lipinski definition) is 5. The average Bonchev–Trinajstić information content (AvgIpc) is 2.87. The van der Waals surface area contributed by atoms with E-state index in [-0.39, 0.29) is 71.1 Å². The molecule has 0 spiro atoms. The molecule has 4 atom stereocenters. The number of fused-ring (bicyclic) bond motifs is 1. The summed E-state index contributed by atoms with van der Waals surface area (Å²) >= 11 is 0. The lowest BCUT2D eigenvalue weighted by Crippen LogP contribution is -2.64. The zero-order valence-corrected chi connectivity index (χ0v) is 19.1. The van der Waals surface area contributed by atoms with Crippen LogP contribution in [-0.2, 0) is 25.4 Å². The lowest BCUT2D eigenvalue weighted by molar-refractivity contribution is -0.163. The molecule has 7 heteroatoms. The van der Waals surface area contributed by atoms with Crippen molar-refractivity contribution >= 4 is 20.2 Å². The number of amides is 1. The Morgan fingerprint density at radius 2 is 1.72 bits per heavy atom. The molecule has 2 aliphatic rings. The number of aryl methyl sites for hydroxylation is 1. The van der Waals surface area contributed by atoms with Gasteiger partial charge in [-0.3, -0.25) is 4.79 Å². The van der Waals surface area contributed by atoms with Gasteiger partial charge in [-0.1, -0.05) is 59.0 Å². The van der Waals surface area contributed by atoms with Crippen molar-refractivity contribution in [1.29, 1.82) is 0 Å². The zero-order valence-electron chi connectivity index (χ0n) is 18.1. The number of aliphatic hydroxyl groups is 1. The maximum absolute atomic E-state index is 12.9. The number of nitrogens with zero attached hydrogens (tertiary/aromatic N) is 1. The van der Waals surface area contributed by atoms with Crippen LogP contribution in [0.3, 0.4) is 0 Å². The number of aliphatic hydroxyl groups excluding tert-OH is 1. The van der Waals surface area contributed by atoms with Crippen molar-refractivity contribution in [3.63, 3.8) is 0 Å². The molecule has 1 saturated heterocycles. The minimum absolute atomic E-state index is 0. The van der Waals surface area contributed by atoms with Gasteiger partial charge in [0.05, 0.1) is 24.7 Å². The molecule has 0 aliphatic carbocycles. The summed E-state index contributed by atoms with van der Waals surface area (Å²) in [6.45, 7) is 12.0. The molecule has 3 rings (SSSR count). The summed E-state index contributed by atoms with van der Waals surface area (Å²) < 4.78 is 11.6. The second-order valence-corrected chi connectivity index (χ2v) is 13.5. The van der Waals surface area contributed by atoms with Gasteiger partial charge in [0.2, 0.25) is 5.91 Å². The summed E-state index contributed by atoms with van der Waals surface area (Å²) in [7, 11) is -1.80. The first-order valence-corrected chi connectivity index (χ1v) is 13.5. The Hall–Kier alpha value is -1.96. The highest BCUT2D eigenvalue weighted by atomic mass is 28.4. The summed E-state index contributed by atoms with van der Waals surface area (Å²) in [6.07, 6.45) is -0.222. The molecule has 1 N–H and O–H groups in total. The number of hydrogen-bond donors (Lipinski definition) is 1. The Labute approximate surface area is 195 Å². The maximum atomic E-state index is 12.9. The van der Waals surface area contributed by atoms with E-state index in [1.54, 1.807) is 0 Å². The molecule has 182 valence electrons. The van der Waals surface area contributed by atoms with E-state index in [0.29, 0.717) is 5.57 Å². The lowest BCUT2D eigenvalue weighted by Gasteiger charge is -2.48. The van der Waals surface area contributed by atoms with Crippen LogP contribution in [0.2, 0.25) is 19.6 Å². The summed E-state index contributed by atoms with van der Waals surface area (Å²) in [5.41, 5.74) is 2.78. The highest BCUT2D eigenvalue weighted by Gasteiger charge is 2.60. The molecule has 1 aromatic rings. The number of carbonyl (C=O) groups excluding carboxylic acids is 2. The molecule has 1 aromatic carbocycles. The number of rotatable bonds is 7. The minimum Gasteiger partial charge on any atom is -0.456 e. The van der Waals surface area contributed by atoms with Gasteiger partial charge < -0.3 is 19.2 Å². The van der Waals surface area contributed by atoms with Crippen LogP contribution in [0, 0.1) is 18.8 Å². The fraction of sp³-hybridized carbons (Fsp3) is 0.600. The Morgan fingerprint density at radius 3 is 2.22 bits per heavy atom. The third kappa shape index (κ3) is 5.69. The predicted molar refractivity (Wildman–Crippen MR) is 132 cm³/mol. The topological polar surface area (TPSA) is 76.1 Å². The Kier molecular flexibility index (Phi) is 10.6. The molecule has 0 radical (unpaired) electrons. The molecule has 2 aliphatic heterocycles. The highest BCUT2D eigenvalue weighted by Crippen LogP contribution is 2.48. The van der Waals surface area contributed by atoms with Crippen LogP contribution >= 0.6 is 0 Å². The van der Waals surface area contributed by atoms with E-state index in [0.717, 1.165) is 11.1 Å². The number of ether oxygens (including phenoxy) is 1. The molecule has 4 unspecified atom stereocenters. The second kappa shape index (κ2) is 11.3. The number of esters is 1. The molecule has 1 amide bonds. The zero-order chi connectivity index (χ0) is 21.5. The van der Waals surface area contributed by atoms with Gasteiger partial charge in [-0.2, -0.15) is 0 Å². The monoisotopic (exact) mass is 465 g/mol. The van der Waals surface area contributed by atoms with Crippen molar-refractivity contribution in [2.24, 2.45) is 11.8 Å². The van der Waals surface area contributed by atoms with E-state index in [1.165, 1.54) is 4.90 Å². The van der Waals surface area contributed by atoms with Gasteiger partial charge in [0.25, 0.3) is 0 Å². The van der Waals surface area contributed by atoms with Gasteiger partial charge >= 0.3 is 5.97 Å². The first-order valence-electron chi connectivity index (χ1n) is 10.1. The van der Waals surface area contributed by atoms with Crippen molar-refractivity contribution < 1.29 is 23.9 Å². The third-order valence-electron chi connectivity index (χ3n) is 5.70. The fourth-order valence-electron chi connectivity index (χ4n) is 4.36. The molecular formula is C25H43NO5Si. The predicted octanol–water partition coefficient (Wildman–Crippen LogP) is 4.91. The second-order valence-electron chi connectivity index (χ2n) is 9.04. The van der Waals surface area contributed by atoms with Crippen molar-refractivity contribution in [1.82, 2.24) is 4.90 Å². The molecule has 1 fully saturated rings. The van der Waals surface area contributed by atoms with Gasteiger partial charge in [0.1, 0.15) is 12.3 Å². The third-order valence-corrected chi connectivity index (χ3v) is 6.77. The van der Waals surface area contributed by atoms with Gasteiger partial charge in [0, 0.05) is 5.92 Å². The largest absolute Gasteiger partial charge is 0.456 e. The van der Waals surface area contributed by atoms with Crippen LogP contribution in [0.15, 0.2) is 35.5 Å². The summed E-state index contributed by atoms with van der Waals surface area (Å²) in [5, 5.41) is 9.90. The Bertz CT molecular complexity index is 828. The van der Waals surface area contributed by atoms with E-state index in [4.69, 9.17) is 9.16 Å². The van der Waals surface area contributed by atoms with E-state index in [9.17, 15) is 14.7 Å². The van der Waals surface area contributed by atoms with Crippen LogP contribution in [0.1, 0.15) is 47.3 Å². The lowest BCUT2D eigenvalue weighted by atomic mass is 9.78. The van der Waals surface area contributed by atoms with Crippen LogP contribution < -0.4 is 0 Å². The molecule has 2 heterocycles. The molecule has 32 heavy (non-hydrogen) atoms. The standard InChI is InChI=1S/C22H31NO5Si.3CH4/c1-13-7-9-16(10-8-13)12-27-22(26)20-17(11-24)14(2)19-18(21(25)23(19)20)15(3)28-29(4,5)6;;;/h7-10,14-15,18-19,24H,11-12H2,1-6H3;3*1H4. The quantitative estimate of drug-likeness (QED) is 0.352. The van der Waals surface area contributed by atoms with Crippen LogP contribution in [0.25, 0.3) is 0 Å². The van der Waals surface area contributed by atoms with Crippen molar-refractivity contribution in [3.8, 4) is 0 Å².